The normalized spacial score (nSPS) is 5.50. The van der Waals surface area contributed by atoms with Crippen molar-refractivity contribution >= 4 is 12.4 Å². The van der Waals surface area contributed by atoms with Crippen molar-refractivity contribution in [1.82, 2.24) is 0 Å². The highest BCUT2D eigenvalue weighted by Gasteiger charge is 1.73. The molecule has 0 bridgehead atoms. The van der Waals surface area contributed by atoms with E-state index >= 15 is 0 Å². The first-order valence-electron chi connectivity index (χ1n) is 1.69. The predicted octanol–water partition coefficient (Wildman–Crippen LogP) is -0.641. The van der Waals surface area contributed by atoms with Crippen molar-refractivity contribution in [2.45, 2.75) is 0 Å². The number of carbonyl (C=O) groups excluding carboxylic acids is 1. The highest BCUT2D eigenvalue weighted by molar-refractivity contribution is 5.78. The third-order valence-corrected chi connectivity index (χ3v) is 0.175. The molecule has 0 spiro atoms. The van der Waals surface area contributed by atoms with Crippen LogP contribution in [0.4, 0.5) is 0 Å². The fourth-order valence-electron chi connectivity index (χ4n) is 0. The van der Waals surface area contributed by atoms with Crippen LogP contribution in [0.25, 0.3) is 0 Å². The van der Waals surface area contributed by atoms with Gasteiger partial charge >= 0.3 is 5.97 Å². The lowest BCUT2D eigenvalue weighted by Crippen LogP contribution is -1.82. The lowest BCUT2D eigenvalue weighted by Gasteiger charge is -1.64. The molecule has 0 saturated carbocycles. The van der Waals surface area contributed by atoms with Crippen molar-refractivity contribution in [3.8, 4) is 0 Å². The predicted molar refractivity (Wildman–Crippen MR) is 28.1 cm³/mol. The number of hydrogen-bond acceptors (Lipinski definition) is 2. The maximum Gasteiger partial charge on any atom is 0.327 e. The maximum atomic E-state index is 9.25. The van der Waals surface area contributed by atoms with Gasteiger partial charge in [0.15, 0.2) is 0 Å². The van der Waals surface area contributed by atoms with Crippen LogP contribution in [0.3, 0.4) is 0 Å². The first-order chi connectivity index (χ1) is 3.68. The Hall–Kier alpha value is -1.32. The number of carboxylic acids is 1. The Balaban J connectivity index is 0. The number of amides is 1. The molecule has 0 aliphatic heterocycles. The summed E-state index contributed by atoms with van der Waals surface area (Å²) in [6.45, 7) is 2.96. The molecule has 4 heteroatoms. The summed E-state index contributed by atoms with van der Waals surface area (Å²) in [4.78, 5) is 17.8. The highest BCUT2D eigenvalue weighted by Crippen LogP contribution is 1.54. The standard InChI is InChI=1S/C3H4O2.CH3NO/c1-2-3(4)5;2-1-3/h2H,1H2,(H,4,5);1H,(H2,2,3). The van der Waals surface area contributed by atoms with Crippen molar-refractivity contribution in [2.75, 3.05) is 0 Å². The van der Waals surface area contributed by atoms with E-state index in [0.717, 1.165) is 6.08 Å². The first-order valence-corrected chi connectivity index (χ1v) is 1.69. The van der Waals surface area contributed by atoms with Gasteiger partial charge in [0.25, 0.3) is 0 Å². The Morgan fingerprint density at radius 3 is 1.88 bits per heavy atom. The lowest BCUT2D eigenvalue weighted by atomic mass is 10.7. The lowest BCUT2D eigenvalue weighted by molar-refractivity contribution is -0.131. The molecule has 0 radical (unpaired) electrons. The molecule has 0 aliphatic rings. The van der Waals surface area contributed by atoms with Gasteiger partial charge in [0.2, 0.25) is 6.41 Å². The Kier molecular flexibility index (Phi) is 11.3. The second-order valence-electron chi connectivity index (χ2n) is 0.678. The molecular weight excluding hydrogens is 110 g/mol. The second kappa shape index (κ2) is 9.19. The molecule has 8 heavy (non-hydrogen) atoms. The number of primary amides is 1. The van der Waals surface area contributed by atoms with E-state index in [1.165, 1.54) is 0 Å². The molecule has 1 amide bonds. The second-order valence-corrected chi connectivity index (χ2v) is 0.678. The van der Waals surface area contributed by atoms with Crippen LogP contribution in [0.1, 0.15) is 0 Å². The molecule has 0 atom stereocenters. The van der Waals surface area contributed by atoms with E-state index in [1.807, 2.05) is 0 Å². The molecule has 0 fully saturated rings. The molecule has 0 unspecified atom stereocenters. The first kappa shape index (κ1) is 9.84. The zero-order valence-corrected chi connectivity index (χ0v) is 4.20. The molecule has 0 saturated heterocycles. The van der Waals surface area contributed by atoms with E-state index < -0.39 is 5.97 Å². The minimum atomic E-state index is -0.981. The van der Waals surface area contributed by atoms with E-state index in [4.69, 9.17) is 9.90 Å². The number of nitrogens with two attached hydrogens (primary N) is 1. The van der Waals surface area contributed by atoms with Gasteiger partial charge in [-0.2, -0.15) is 0 Å². The van der Waals surface area contributed by atoms with Crippen LogP contribution >= 0.6 is 0 Å². The number of rotatable bonds is 1. The van der Waals surface area contributed by atoms with Crippen molar-refractivity contribution < 1.29 is 14.7 Å². The number of aliphatic carboxylic acids is 1. The molecule has 46 valence electrons. The summed E-state index contributed by atoms with van der Waals surface area (Å²) in [6.07, 6.45) is 1.08. The van der Waals surface area contributed by atoms with Crippen LogP contribution in [-0.4, -0.2) is 17.5 Å². The van der Waals surface area contributed by atoms with Crippen molar-refractivity contribution in [3.05, 3.63) is 12.7 Å². The van der Waals surface area contributed by atoms with Crippen molar-refractivity contribution in [1.29, 1.82) is 0 Å². The minimum Gasteiger partial charge on any atom is -0.478 e. The molecule has 0 rings (SSSR count). The van der Waals surface area contributed by atoms with Crippen LogP contribution in [0.15, 0.2) is 12.7 Å². The van der Waals surface area contributed by atoms with Gasteiger partial charge in [-0.15, -0.1) is 0 Å². The Morgan fingerprint density at radius 2 is 1.88 bits per heavy atom. The minimum absolute atomic E-state index is 0.250. The van der Waals surface area contributed by atoms with E-state index in [9.17, 15) is 4.79 Å². The molecule has 0 heterocycles. The summed E-state index contributed by atoms with van der Waals surface area (Å²) in [5, 5.41) is 7.60. The van der Waals surface area contributed by atoms with Crippen LogP contribution in [0.5, 0.6) is 0 Å². The van der Waals surface area contributed by atoms with E-state index in [-0.39, 0.29) is 6.41 Å². The average molecular weight is 117 g/mol. The fraction of sp³-hybridized carbons (Fsp3) is 0. The van der Waals surface area contributed by atoms with Gasteiger partial charge < -0.3 is 10.8 Å². The summed E-state index contributed by atoms with van der Waals surface area (Å²) < 4.78 is 0. The smallest absolute Gasteiger partial charge is 0.327 e. The number of carbonyl (C=O) groups is 2. The Bertz CT molecular complexity index is 89.3. The molecule has 0 aromatic rings. The van der Waals surface area contributed by atoms with Gasteiger partial charge in [-0.1, -0.05) is 6.58 Å². The van der Waals surface area contributed by atoms with Gasteiger partial charge in [0, 0.05) is 6.08 Å². The monoisotopic (exact) mass is 117 g/mol. The maximum absolute atomic E-state index is 9.25. The van der Waals surface area contributed by atoms with Gasteiger partial charge in [-0.25, -0.2) is 4.79 Å². The number of carboxylic acid groups (broad SMARTS) is 1. The summed E-state index contributed by atoms with van der Waals surface area (Å²) in [7, 11) is 0. The Morgan fingerprint density at radius 1 is 1.75 bits per heavy atom. The van der Waals surface area contributed by atoms with Crippen LogP contribution in [0.2, 0.25) is 0 Å². The molecule has 0 aromatic heterocycles. The summed E-state index contributed by atoms with van der Waals surface area (Å²) in [5.74, 6) is -0.981. The summed E-state index contributed by atoms with van der Waals surface area (Å²) >= 11 is 0. The molecule has 4 nitrogen and oxygen atoms in total. The van der Waals surface area contributed by atoms with E-state index in [2.05, 4.69) is 12.3 Å². The molecule has 3 N–H and O–H groups in total. The molecular formula is C4H7NO3. The SMILES string of the molecule is C=CC(=O)O.NC=O. The summed E-state index contributed by atoms with van der Waals surface area (Å²) in [5.41, 5.74) is 4.17. The third-order valence-electron chi connectivity index (χ3n) is 0.175. The van der Waals surface area contributed by atoms with E-state index in [1.54, 1.807) is 0 Å². The van der Waals surface area contributed by atoms with Crippen LogP contribution < -0.4 is 5.73 Å². The molecule has 0 aromatic carbocycles. The summed E-state index contributed by atoms with van der Waals surface area (Å²) in [6, 6.07) is 0. The van der Waals surface area contributed by atoms with Gasteiger partial charge in [-0.3, -0.25) is 4.79 Å². The van der Waals surface area contributed by atoms with Crippen molar-refractivity contribution in [3.63, 3.8) is 0 Å². The quantitative estimate of drug-likeness (QED) is 0.354. The fourth-order valence-corrected chi connectivity index (χ4v) is 0. The Labute approximate surface area is 46.6 Å². The van der Waals surface area contributed by atoms with Gasteiger partial charge in [-0.05, 0) is 0 Å². The van der Waals surface area contributed by atoms with Gasteiger partial charge in [0.1, 0.15) is 0 Å². The average Bonchev–Trinajstić information content (AvgIpc) is 1.69. The highest BCUT2D eigenvalue weighted by atomic mass is 16.4. The van der Waals surface area contributed by atoms with Crippen molar-refractivity contribution in [2.24, 2.45) is 5.73 Å². The molecule has 0 aliphatic carbocycles. The topological polar surface area (TPSA) is 80.4 Å². The zero-order chi connectivity index (χ0) is 6.99. The number of hydrogen-bond donors (Lipinski definition) is 2. The third kappa shape index (κ3) is 137. The zero-order valence-electron chi connectivity index (χ0n) is 4.20. The van der Waals surface area contributed by atoms with Gasteiger partial charge in [0.05, 0.1) is 0 Å². The van der Waals surface area contributed by atoms with Crippen LogP contribution in [-0.2, 0) is 9.59 Å². The van der Waals surface area contributed by atoms with Crippen LogP contribution in [0, 0.1) is 0 Å². The largest absolute Gasteiger partial charge is 0.478 e. The van der Waals surface area contributed by atoms with E-state index in [0.29, 0.717) is 0 Å².